The van der Waals surface area contributed by atoms with Crippen LogP contribution >= 0.6 is 0 Å². The largest absolute Gasteiger partial charge is 0.450 e. The average molecular weight is 368 g/mol. The van der Waals surface area contributed by atoms with Crippen molar-refractivity contribution in [3.05, 3.63) is 53.9 Å². The van der Waals surface area contributed by atoms with Crippen molar-refractivity contribution in [1.29, 1.82) is 0 Å². The molecule has 0 atom stereocenters. The lowest BCUT2D eigenvalue weighted by Crippen LogP contribution is -2.49. The molecule has 0 bridgehead atoms. The predicted octanol–water partition coefficient (Wildman–Crippen LogP) is 2.92. The second-order valence-electron chi connectivity index (χ2n) is 6.34. The van der Waals surface area contributed by atoms with Gasteiger partial charge in [0, 0.05) is 31.9 Å². The third-order valence-corrected chi connectivity index (χ3v) is 4.54. The topological polar surface area (TPSA) is 74.8 Å². The highest BCUT2D eigenvalue weighted by molar-refractivity contribution is 6.03. The Morgan fingerprint density at radius 2 is 1.85 bits per heavy atom. The Bertz CT molecular complexity index is 799. The van der Waals surface area contributed by atoms with Crippen molar-refractivity contribution in [2.75, 3.05) is 43.0 Å². The van der Waals surface area contributed by atoms with E-state index < -0.39 is 0 Å². The molecule has 2 heterocycles. The molecule has 1 aromatic heterocycles. The van der Waals surface area contributed by atoms with Crippen LogP contribution in [0.25, 0.3) is 0 Å². The summed E-state index contributed by atoms with van der Waals surface area (Å²) >= 11 is 0. The lowest BCUT2D eigenvalue weighted by molar-refractivity contribution is 0.101. The molecular formula is C20H24N4O3. The second-order valence-corrected chi connectivity index (χ2v) is 6.34. The van der Waals surface area contributed by atoms with E-state index in [1.54, 1.807) is 24.1 Å². The molecule has 2 aromatic rings. The predicted molar refractivity (Wildman–Crippen MR) is 104 cm³/mol. The van der Waals surface area contributed by atoms with Gasteiger partial charge in [0.2, 0.25) is 0 Å². The van der Waals surface area contributed by atoms with Gasteiger partial charge in [-0.1, -0.05) is 18.2 Å². The molecule has 1 aliphatic rings. The fourth-order valence-corrected chi connectivity index (χ4v) is 2.97. The summed E-state index contributed by atoms with van der Waals surface area (Å²) in [4.78, 5) is 32.3. The van der Waals surface area contributed by atoms with Crippen LogP contribution in [0.3, 0.4) is 0 Å². The summed E-state index contributed by atoms with van der Waals surface area (Å²) < 4.78 is 5.03. The van der Waals surface area contributed by atoms with E-state index in [0.717, 1.165) is 16.9 Å². The Balaban J connectivity index is 1.58. The number of pyridine rings is 1. The number of ether oxygens (including phenoxy) is 1. The molecule has 1 N–H and O–H groups in total. The zero-order valence-electron chi connectivity index (χ0n) is 15.6. The maximum Gasteiger partial charge on any atom is 0.409 e. The number of rotatable bonds is 4. The van der Waals surface area contributed by atoms with Gasteiger partial charge in [-0.05, 0) is 37.6 Å². The molecule has 2 amide bonds. The second kappa shape index (κ2) is 8.53. The van der Waals surface area contributed by atoms with E-state index in [4.69, 9.17) is 4.74 Å². The van der Waals surface area contributed by atoms with Gasteiger partial charge in [-0.2, -0.15) is 0 Å². The zero-order valence-corrected chi connectivity index (χ0v) is 15.6. The van der Waals surface area contributed by atoms with E-state index in [0.29, 0.717) is 38.5 Å². The van der Waals surface area contributed by atoms with Gasteiger partial charge >= 0.3 is 6.09 Å². The smallest absolute Gasteiger partial charge is 0.409 e. The number of para-hydroxylation sites is 1. The molecule has 3 rings (SSSR count). The van der Waals surface area contributed by atoms with Gasteiger partial charge in [0.1, 0.15) is 5.69 Å². The summed E-state index contributed by atoms with van der Waals surface area (Å²) in [7, 11) is 0. The number of hydrogen-bond donors (Lipinski definition) is 1. The van der Waals surface area contributed by atoms with Crippen molar-refractivity contribution < 1.29 is 14.3 Å². The van der Waals surface area contributed by atoms with Gasteiger partial charge in [0.05, 0.1) is 18.5 Å². The summed E-state index contributed by atoms with van der Waals surface area (Å²) in [5.41, 5.74) is 3.09. The first-order valence-corrected chi connectivity index (χ1v) is 9.08. The van der Waals surface area contributed by atoms with Crippen molar-refractivity contribution in [3.8, 4) is 0 Å². The van der Waals surface area contributed by atoms with Gasteiger partial charge in [-0.3, -0.25) is 4.79 Å². The molecule has 0 spiro atoms. The third kappa shape index (κ3) is 4.55. The van der Waals surface area contributed by atoms with Crippen LogP contribution in [0.15, 0.2) is 42.6 Å². The zero-order chi connectivity index (χ0) is 19.2. The Morgan fingerprint density at radius 1 is 1.11 bits per heavy atom. The first-order chi connectivity index (χ1) is 13.1. The molecule has 0 aliphatic carbocycles. The van der Waals surface area contributed by atoms with Gasteiger partial charge in [0.25, 0.3) is 5.91 Å². The molecule has 1 aliphatic heterocycles. The highest BCUT2D eigenvalue weighted by Gasteiger charge is 2.22. The van der Waals surface area contributed by atoms with E-state index in [2.05, 4.69) is 15.2 Å². The number of piperazine rings is 1. The number of amides is 2. The lowest BCUT2D eigenvalue weighted by atomic mass is 10.2. The normalized spacial score (nSPS) is 14.0. The molecule has 1 fully saturated rings. The van der Waals surface area contributed by atoms with Crippen LogP contribution in [0, 0.1) is 6.92 Å². The van der Waals surface area contributed by atoms with Crippen LogP contribution in [-0.2, 0) is 4.74 Å². The Morgan fingerprint density at radius 3 is 2.48 bits per heavy atom. The minimum atomic E-state index is -0.265. The Hall–Kier alpha value is -3.09. The van der Waals surface area contributed by atoms with Crippen molar-refractivity contribution in [2.45, 2.75) is 13.8 Å². The quantitative estimate of drug-likeness (QED) is 0.898. The number of aryl methyl sites for hydroxylation is 1. The average Bonchev–Trinajstić information content (AvgIpc) is 2.70. The molecule has 0 saturated carbocycles. The van der Waals surface area contributed by atoms with Crippen molar-refractivity contribution in [2.24, 2.45) is 0 Å². The summed E-state index contributed by atoms with van der Waals surface area (Å²) in [6.45, 7) is 6.75. The maximum absolute atomic E-state index is 12.4. The van der Waals surface area contributed by atoms with Gasteiger partial charge < -0.3 is 19.9 Å². The fourth-order valence-electron chi connectivity index (χ4n) is 2.97. The van der Waals surface area contributed by atoms with E-state index in [9.17, 15) is 9.59 Å². The molecule has 7 heteroatoms. The van der Waals surface area contributed by atoms with E-state index in [1.807, 2.05) is 37.3 Å². The molecular weight excluding hydrogens is 344 g/mol. The summed E-state index contributed by atoms with van der Waals surface area (Å²) in [5.74, 6) is -0.233. The number of benzene rings is 1. The van der Waals surface area contributed by atoms with Gasteiger partial charge in [-0.25, -0.2) is 9.78 Å². The molecule has 7 nitrogen and oxygen atoms in total. The van der Waals surface area contributed by atoms with E-state index in [1.165, 1.54) is 0 Å². The first kappa shape index (κ1) is 18.7. The number of anilines is 2. The summed E-state index contributed by atoms with van der Waals surface area (Å²) in [5, 5.41) is 2.88. The maximum atomic E-state index is 12.4. The molecule has 0 radical (unpaired) electrons. The molecule has 0 unspecified atom stereocenters. The van der Waals surface area contributed by atoms with Crippen molar-refractivity contribution in [1.82, 2.24) is 9.88 Å². The number of nitrogens with one attached hydrogen (secondary N) is 1. The molecule has 142 valence electrons. The molecule has 27 heavy (non-hydrogen) atoms. The van der Waals surface area contributed by atoms with Crippen LogP contribution in [0.1, 0.15) is 23.0 Å². The SMILES string of the molecule is CCOC(=O)N1CCN(c2ccc(C(=O)Nc3ccccc3C)nc2)CC1. The minimum Gasteiger partial charge on any atom is -0.450 e. The summed E-state index contributed by atoms with van der Waals surface area (Å²) in [6, 6.07) is 11.2. The van der Waals surface area contributed by atoms with Crippen LogP contribution in [0.5, 0.6) is 0 Å². The van der Waals surface area contributed by atoms with Gasteiger partial charge in [0.15, 0.2) is 0 Å². The standard InChI is InChI=1S/C20H24N4O3/c1-3-27-20(26)24-12-10-23(11-13-24)16-8-9-18(21-14-16)19(25)22-17-7-5-4-6-15(17)2/h4-9,14H,3,10-13H2,1-2H3,(H,22,25). The monoisotopic (exact) mass is 368 g/mol. The number of nitrogens with zero attached hydrogens (tertiary/aromatic N) is 3. The molecule has 1 saturated heterocycles. The van der Waals surface area contributed by atoms with Crippen LogP contribution in [-0.4, -0.2) is 54.7 Å². The highest BCUT2D eigenvalue weighted by Crippen LogP contribution is 2.18. The van der Waals surface area contributed by atoms with Gasteiger partial charge in [-0.15, -0.1) is 0 Å². The van der Waals surface area contributed by atoms with Crippen LogP contribution in [0.2, 0.25) is 0 Å². The third-order valence-electron chi connectivity index (χ3n) is 4.54. The number of carbonyl (C=O) groups excluding carboxylic acids is 2. The fraction of sp³-hybridized carbons (Fsp3) is 0.350. The van der Waals surface area contributed by atoms with Crippen molar-refractivity contribution in [3.63, 3.8) is 0 Å². The summed E-state index contributed by atoms with van der Waals surface area (Å²) in [6.07, 6.45) is 1.44. The minimum absolute atomic E-state index is 0.233. The van der Waals surface area contributed by atoms with Crippen LogP contribution < -0.4 is 10.2 Å². The van der Waals surface area contributed by atoms with Crippen LogP contribution in [0.4, 0.5) is 16.2 Å². The lowest BCUT2D eigenvalue weighted by Gasteiger charge is -2.35. The highest BCUT2D eigenvalue weighted by atomic mass is 16.6. The number of hydrogen-bond acceptors (Lipinski definition) is 5. The van der Waals surface area contributed by atoms with E-state index in [-0.39, 0.29) is 12.0 Å². The van der Waals surface area contributed by atoms with E-state index >= 15 is 0 Å². The van der Waals surface area contributed by atoms with Crippen molar-refractivity contribution >= 4 is 23.4 Å². The Labute approximate surface area is 158 Å². The Kier molecular flexibility index (Phi) is 5.90. The first-order valence-electron chi connectivity index (χ1n) is 9.08. The number of aromatic nitrogens is 1. The number of carbonyl (C=O) groups is 2. The molecule has 1 aromatic carbocycles.